The van der Waals surface area contributed by atoms with Gasteiger partial charge < -0.3 is 20.3 Å². The molecule has 2 N–H and O–H groups in total. The van der Waals surface area contributed by atoms with Crippen LogP contribution in [0.3, 0.4) is 0 Å². The third-order valence-corrected chi connectivity index (χ3v) is 5.72. The minimum Gasteiger partial charge on any atom is -0.378 e. The van der Waals surface area contributed by atoms with E-state index in [1.807, 2.05) is 61.7 Å². The van der Waals surface area contributed by atoms with Crippen molar-refractivity contribution in [2.24, 2.45) is 0 Å². The molecule has 2 aromatic carbocycles. The second-order valence-electron chi connectivity index (χ2n) is 8.27. The maximum atomic E-state index is 12.6. The smallest absolute Gasteiger partial charge is 0.253 e. The lowest BCUT2D eigenvalue weighted by Crippen LogP contribution is -2.36. The van der Waals surface area contributed by atoms with Crippen molar-refractivity contribution in [3.63, 3.8) is 0 Å². The maximum Gasteiger partial charge on any atom is 0.253 e. The van der Waals surface area contributed by atoms with E-state index in [1.165, 1.54) is 5.56 Å². The number of amides is 1. The van der Waals surface area contributed by atoms with Crippen molar-refractivity contribution in [1.82, 2.24) is 20.3 Å². The number of aryl methyl sites for hydroxylation is 1. The third kappa shape index (κ3) is 5.13. The summed E-state index contributed by atoms with van der Waals surface area (Å²) in [6, 6.07) is 17.6. The predicted molar refractivity (Wildman–Crippen MR) is 132 cm³/mol. The van der Waals surface area contributed by atoms with Crippen LogP contribution in [0, 0.1) is 6.92 Å². The number of hydrogen-bond acceptors (Lipinski definition) is 7. The first-order chi connectivity index (χ1) is 16.6. The standard InChI is InChI=1S/C26H26N6O2/c1-18-5-7-23-21(13-18)17-29-26(31-23)30-22-4-2-3-19(14-22)15-28-25(33)20-6-8-24(27-16-20)32-9-11-34-12-10-32/h2-8,13-14,16-17H,9-12,15H2,1H3,(H,28,33)(H,29,30,31). The summed E-state index contributed by atoms with van der Waals surface area (Å²) in [7, 11) is 0. The Morgan fingerprint density at radius 2 is 1.91 bits per heavy atom. The molecule has 34 heavy (non-hydrogen) atoms. The summed E-state index contributed by atoms with van der Waals surface area (Å²) in [5.74, 6) is 1.24. The second kappa shape index (κ2) is 9.84. The number of fused-ring (bicyclic) bond motifs is 1. The molecule has 172 valence electrons. The average molecular weight is 455 g/mol. The number of nitrogens with zero attached hydrogens (tertiary/aromatic N) is 4. The highest BCUT2D eigenvalue weighted by molar-refractivity contribution is 5.94. The van der Waals surface area contributed by atoms with Crippen molar-refractivity contribution >= 4 is 34.3 Å². The Labute approximate surface area is 198 Å². The maximum absolute atomic E-state index is 12.6. The zero-order valence-corrected chi connectivity index (χ0v) is 19.0. The summed E-state index contributed by atoms with van der Waals surface area (Å²) in [5, 5.41) is 7.22. The lowest BCUT2D eigenvalue weighted by Gasteiger charge is -2.27. The molecule has 2 aromatic heterocycles. The minimum atomic E-state index is -0.160. The van der Waals surface area contributed by atoms with Crippen LogP contribution in [0.15, 0.2) is 67.0 Å². The van der Waals surface area contributed by atoms with Crippen molar-refractivity contribution in [2.45, 2.75) is 13.5 Å². The number of rotatable bonds is 6. The normalized spacial score (nSPS) is 13.6. The van der Waals surface area contributed by atoms with Gasteiger partial charge in [0.25, 0.3) is 5.91 Å². The molecule has 0 spiro atoms. The monoisotopic (exact) mass is 454 g/mol. The zero-order valence-electron chi connectivity index (χ0n) is 19.0. The molecule has 0 saturated carbocycles. The Hall–Kier alpha value is -4.04. The van der Waals surface area contributed by atoms with Gasteiger partial charge in [-0.15, -0.1) is 0 Å². The number of aromatic nitrogens is 3. The number of hydrogen-bond donors (Lipinski definition) is 2. The van der Waals surface area contributed by atoms with Gasteiger partial charge in [0.15, 0.2) is 0 Å². The Balaban J connectivity index is 1.20. The van der Waals surface area contributed by atoms with Gasteiger partial charge in [0.1, 0.15) is 5.82 Å². The molecule has 1 aliphatic heterocycles. The van der Waals surface area contributed by atoms with Crippen LogP contribution in [0.2, 0.25) is 0 Å². The number of anilines is 3. The van der Waals surface area contributed by atoms with Gasteiger partial charge in [0, 0.05) is 43.1 Å². The molecular weight excluding hydrogens is 428 g/mol. The number of benzene rings is 2. The van der Waals surface area contributed by atoms with E-state index < -0.39 is 0 Å². The summed E-state index contributed by atoms with van der Waals surface area (Å²) in [4.78, 5) is 28.2. The molecule has 1 fully saturated rings. The SMILES string of the molecule is Cc1ccc2nc(Nc3cccc(CNC(=O)c4ccc(N5CCOCC5)nc4)c3)ncc2c1. The van der Waals surface area contributed by atoms with Crippen LogP contribution >= 0.6 is 0 Å². The number of carbonyl (C=O) groups excluding carboxylic acids is 1. The van der Waals surface area contributed by atoms with Crippen LogP contribution in [-0.4, -0.2) is 47.2 Å². The zero-order chi connectivity index (χ0) is 23.3. The van der Waals surface area contributed by atoms with E-state index in [0.717, 1.165) is 41.1 Å². The molecule has 1 saturated heterocycles. The molecule has 1 aliphatic rings. The molecule has 0 bridgehead atoms. The van der Waals surface area contributed by atoms with Crippen molar-refractivity contribution < 1.29 is 9.53 Å². The number of pyridine rings is 1. The molecule has 8 heteroatoms. The van der Waals surface area contributed by atoms with Gasteiger partial charge in [-0.05, 0) is 48.9 Å². The number of carbonyl (C=O) groups is 1. The first-order valence-corrected chi connectivity index (χ1v) is 11.3. The first-order valence-electron chi connectivity index (χ1n) is 11.3. The van der Waals surface area contributed by atoms with Gasteiger partial charge in [-0.2, -0.15) is 0 Å². The van der Waals surface area contributed by atoms with E-state index in [2.05, 4.69) is 36.6 Å². The first kappa shape index (κ1) is 21.8. The lowest BCUT2D eigenvalue weighted by atomic mass is 10.2. The van der Waals surface area contributed by atoms with Crippen molar-refractivity contribution in [3.8, 4) is 0 Å². The van der Waals surface area contributed by atoms with Gasteiger partial charge in [-0.25, -0.2) is 15.0 Å². The Bertz CT molecular complexity index is 1300. The van der Waals surface area contributed by atoms with E-state index in [0.29, 0.717) is 31.3 Å². The Kier molecular flexibility index (Phi) is 6.31. The Morgan fingerprint density at radius 1 is 1.03 bits per heavy atom. The van der Waals surface area contributed by atoms with Gasteiger partial charge in [0.2, 0.25) is 5.95 Å². The molecule has 0 atom stereocenters. The predicted octanol–water partition coefficient (Wildman–Crippen LogP) is 3.84. The van der Waals surface area contributed by atoms with E-state index in [4.69, 9.17) is 4.74 Å². The van der Waals surface area contributed by atoms with Crippen molar-refractivity contribution in [2.75, 3.05) is 36.5 Å². The Morgan fingerprint density at radius 3 is 2.74 bits per heavy atom. The van der Waals surface area contributed by atoms with E-state index in [1.54, 1.807) is 6.20 Å². The van der Waals surface area contributed by atoms with Gasteiger partial charge in [-0.1, -0.05) is 23.8 Å². The fraction of sp³-hybridized carbons (Fsp3) is 0.231. The summed E-state index contributed by atoms with van der Waals surface area (Å²) in [5.41, 5.74) is 4.42. The highest BCUT2D eigenvalue weighted by atomic mass is 16.5. The van der Waals surface area contributed by atoms with Crippen molar-refractivity contribution in [1.29, 1.82) is 0 Å². The van der Waals surface area contributed by atoms with Crippen LogP contribution in [0.1, 0.15) is 21.5 Å². The molecule has 8 nitrogen and oxygen atoms in total. The minimum absolute atomic E-state index is 0.160. The molecule has 0 radical (unpaired) electrons. The molecule has 0 unspecified atom stereocenters. The van der Waals surface area contributed by atoms with Crippen LogP contribution in [0.25, 0.3) is 10.9 Å². The number of ether oxygens (including phenoxy) is 1. The van der Waals surface area contributed by atoms with Gasteiger partial charge in [-0.3, -0.25) is 4.79 Å². The third-order valence-electron chi connectivity index (χ3n) is 5.72. The molecule has 0 aliphatic carbocycles. The highest BCUT2D eigenvalue weighted by Crippen LogP contribution is 2.19. The van der Waals surface area contributed by atoms with Crippen LogP contribution < -0.4 is 15.5 Å². The van der Waals surface area contributed by atoms with Crippen LogP contribution in [0.4, 0.5) is 17.5 Å². The quantitative estimate of drug-likeness (QED) is 0.457. The summed E-state index contributed by atoms with van der Waals surface area (Å²) >= 11 is 0. The molecule has 4 aromatic rings. The summed E-state index contributed by atoms with van der Waals surface area (Å²) in [6.45, 7) is 5.47. The highest BCUT2D eigenvalue weighted by Gasteiger charge is 2.13. The van der Waals surface area contributed by atoms with E-state index >= 15 is 0 Å². The largest absolute Gasteiger partial charge is 0.378 e. The van der Waals surface area contributed by atoms with Crippen LogP contribution in [-0.2, 0) is 11.3 Å². The molecule has 3 heterocycles. The van der Waals surface area contributed by atoms with E-state index in [9.17, 15) is 4.79 Å². The number of nitrogens with one attached hydrogen (secondary N) is 2. The number of morpholine rings is 1. The molecule has 5 rings (SSSR count). The fourth-order valence-corrected chi connectivity index (χ4v) is 3.89. The topological polar surface area (TPSA) is 92.3 Å². The van der Waals surface area contributed by atoms with E-state index in [-0.39, 0.29) is 5.91 Å². The fourth-order valence-electron chi connectivity index (χ4n) is 3.89. The average Bonchev–Trinajstić information content (AvgIpc) is 2.88. The van der Waals surface area contributed by atoms with Gasteiger partial charge >= 0.3 is 0 Å². The van der Waals surface area contributed by atoms with Gasteiger partial charge in [0.05, 0.1) is 24.3 Å². The summed E-state index contributed by atoms with van der Waals surface area (Å²) < 4.78 is 5.37. The molecular formula is C26H26N6O2. The van der Waals surface area contributed by atoms with Crippen LogP contribution in [0.5, 0.6) is 0 Å². The summed E-state index contributed by atoms with van der Waals surface area (Å²) in [6.07, 6.45) is 3.44. The lowest BCUT2D eigenvalue weighted by molar-refractivity contribution is 0.0950. The van der Waals surface area contributed by atoms with Crippen molar-refractivity contribution in [3.05, 3.63) is 83.7 Å². The second-order valence-corrected chi connectivity index (χ2v) is 8.27. The molecule has 1 amide bonds.